The van der Waals surface area contributed by atoms with Gasteiger partial charge in [-0.15, -0.1) is 11.3 Å². The lowest BCUT2D eigenvalue weighted by atomic mass is 10.1. The second-order valence-corrected chi connectivity index (χ2v) is 7.93. The molecule has 1 saturated heterocycles. The number of amides is 2. The van der Waals surface area contributed by atoms with E-state index >= 15 is 0 Å². The zero-order chi connectivity index (χ0) is 19.9. The Kier molecular flexibility index (Phi) is 7.14. The van der Waals surface area contributed by atoms with Crippen LogP contribution in [0.5, 0.6) is 0 Å². The number of hydrogen-bond donors (Lipinski definition) is 0. The van der Waals surface area contributed by atoms with Crippen molar-refractivity contribution in [1.29, 1.82) is 0 Å². The zero-order valence-corrected chi connectivity index (χ0v) is 17.0. The zero-order valence-electron chi connectivity index (χ0n) is 16.2. The lowest BCUT2D eigenvalue weighted by Crippen LogP contribution is -2.33. The summed E-state index contributed by atoms with van der Waals surface area (Å²) in [6.45, 7) is 3.96. The number of nitrogens with zero attached hydrogens (tertiary/aromatic N) is 3. The first kappa shape index (κ1) is 20.5. The highest BCUT2D eigenvalue weighted by Crippen LogP contribution is 2.25. The number of carbonyl (C=O) groups is 2. The van der Waals surface area contributed by atoms with Gasteiger partial charge in [0.05, 0.1) is 12.1 Å². The molecule has 2 heterocycles. The molecule has 0 radical (unpaired) electrons. The van der Waals surface area contributed by atoms with Gasteiger partial charge in [0.25, 0.3) is 0 Å². The van der Waals surface area contributed by atoms with Gasteiger partial charge in [-0.3, -0.25) is 14.5 Å². The van der Waals surface area contributed by atoms with Crippen LogP contribution in [0.4, 0.5) is 9.52 Å². The molecule has 1 fully saturated rings. The monoisotopic (exact) mass is 403 g/mol. The van der Waals surface area contributed by atoms with Crippen molar-refractivity contribution in [3.8, 4) is 0 Å². The van der Waals surface area contributed by atoms with Crippen LogP contribution in [0.25, 0.3) is 0 Å². The number of halogens is 1. The van der Waals surface area contributed by atoms with Gasteiger partial charge in [-0.25, -0.2) is 9.37 Å². The summed E-state index contributed by atoms with van der Waals surface area (Å²) in [5.74, 6) is -0.172. The van der Waals surface area contributed by atoms with E-state index in [0.717, 1.165) is 31.2 Å². The van der Waals surface area contributed by atoms with E-state index in [2.05, 4.69) is 11.9 Å². The number of carbonyl (C=O) groups excluding carboxylic acids is 2. The quantitative estimate of drug-likeness (QED) is 0.591. The summed E-state index contributed by atoms with van der Waals surface area (Å²) in [6.07, 6.45) is 4.72. The summed E-state index contributed by atoms with van der Waals surface area (Å²) in [7, 11) is 0. The lowest BCUT2D eigenvalue weighted by molar-refractivity contribution is -0.131. The summed E-state index contributed by atoms with van der Waals surface area (Å²) in [5, 5.41) is 2.54. The van der Waals surface area contributed by atoms with Crippen molar-refractivity contribution < 1.29 is 14.0 Å². The number of rotatable bonds is 9. The minimum atomic E-state index is -0.279. The second kappa shape index (κ2) is 9.78. The van der Waals surface area contributed by atoms with E-state index in [9.17, 15) is 14.0 Å². The van der Waals surface area contributed by atoms with Crippen molar-refractivity contribution in [2.24, 2.45) is 0 Å². The normalized spacial score (nSPS) is 13.9. The van der Waals surface area contributed by atoms with Gasteiger partial charge in [-0.2, -0.15) is 0 Å². The lowest BCUT2D eigenvalue weighted by Gasteiger charge is -2.22. The topological polar surface area (TPSA) is 53.5 Å². The minimum absolute atomic E-state index is 0.00465. The molecule has 0 unspecified atom stereocenters. The first-order valence-corrected chi connectivity index (χ1v) is 10.7. The van der Waals surface area contributed by atoms with E-state index in [0.29, 0.717) is 36.9 Å². The van der Waals surface area contributed by atoms with E-state index in [-0.39, 0.29) is 24.1 Å². The average Bonchev–Trinajstić information content (AvgIpc) is 3.31. The Morgan fingerprint density at radius 2 is 2.07 bits per heavy atom. The minimum Gasteiger partial charge on any atom is -0.338 e. The highest BCUT2D eigenvalue weighted by molar-refractivity contribution is 7.14. The van der Waals surface area contributed by atoms with E-state index in [1.807, 2.05) is 10.3 Å². The third kappa shape index (κ3) is 5.38. The number of thiazole rings is 1. The Labute approximate surface area is 169 Å². The molecule has 3 rings (SSSR count). The van der Waals surface area contributed by atoms with Crippen LogP contribution in [0.3, 0.4) is 0 Å². The van der Waals surface area contributed by atoms with Crippen LogP contribution in [-0.2, 0) is 22.6 Å². The third-order valence-electron chi connectivity index (χ3n) is 4.85. The number of unbranched alkanes of at least 4 members (excludes halogenated alkanes) is 2. The second-order valence-electron chi connectivity index (χ2n) is 7.10. The smallest absolute Gasteiger partial charge is 0.228 e. The van der Waals surface area contributed by atoms with Crippen LogP contribution in [0.1, 0.15) is 50.3 Å². The fourth-order valence-corrected chi connectivity index (χ4v) is 4.14. The molecule has 0 spiro atoms. The molecule has 150 valence electrons. The molecular weight excluding hydrogens is 377 g/mol. The maximum atomic E-state index is 13.2. The summed E-state index contributed by atoms with van der Waals surface area (Å²) in [5.41, 5.74) is 1.61. The highest BCUT2D eigenvalue weighted by atomic mass is 32.1. The van der Waals surface area contributed by atoms with Crippen molar-refractivity contribution >= 4 is 28.3 Å². The van der Waals surface area contributed by atoms with Crippen LogP contribution < -0.4 is 4.90 Å². The molecule has 28 heavy (non-hydrogen) atoms. The van der Waals surface area contributed by atoms with Crippen molar-refractivity contribution in [2.45, 2.75) is 52.0 Å². The summed E-state index contributed by atoms with van der Waals surface area (Å²) in [4.78, 5) is 32.8. The molecule has 1 aliphatic heterocycles. The molecule has 2 aromatic rings. The molecule has 1 aromatic carbocycles. The van der Waals surface area contributed by atoms with Crippen LogP contribution in [0.15, 0.2) is 29.6 Å². The average molecular weight is 404 g/mol. The Morgan fingerprint density at radius 3 is 2.75 bits per heavy atom. The molecule has 0 N–H and O–H groups in total. The van der Waals surface area contributed by atoms with E-state index in [1.54, 1.807) is 17.0 Å². The Hall–Kier alpha value is -2.28. The Balaban J connectivity index is 1.65. The van der Waals surface area contributed by atoms with E-state index in [4.69, 9.17) is 0 Å². The van der Waals surface area contributed by atoms with Gasteiger partial charge >= 0.3 is 0 Å². The fraction of sp³-hybridized carbons (Fsp3) is 0.476. The summed E-state index contributed by atoms with van der Waals surface area (Å²) >= 11 is 1.41. The third-order valence-corrected chi connectivity index (χ3v) is 5.76. The maximum absolute atomic E-state index is 13.2. The fourth-order valence-electron chi connectivity index (χ4n) is 3.27. The molecular formula is C21H26FN3O2S. The summed E-state index contributed by atoms with van der Waals surface area (Å²) in [6, 6.07) is 6.28. The van der Waals surface area contributed by atoms with Gasteiger partial charge in [0, 0.05) is 31.4 Å². The molecule has 1 aliphatic rings. The standard InChI is InChI=1S/C21H26FN3O2S/c1-2-3-4-11-24(14-16-7-9-17(22)10-8-16)20(27)13-18-15-28-21(23-18)25-12-5-6-19(25)26/h7-10,15H,2-6,11-14H2,1H3. The number of hydrogen-bond acceptors (Lipinski definition) is 4. The number of aromatic nitrogens is 1. The first-order valence-electron chi connectivity index (χ1n) is 9.84. The predicted molar refractivity (Wildman–Crippen MR) is 109 cm³/mol. The van der Waals surface area contributed by atoms with Gasteiger partial charge in [0.2, 0.25) is 11.8 Å². The first-order chi connectivity index (χ1) is 13.6. The molecule has 7 heteroatoms. The molecule has 0 bridgehead atoms. The van der Waals surface area contributed by atoms with Crippen molar-refractivity contribution in [3.05, 3.63) is 46.7 Å². The van der Waals surface area contributed by atoms with Crippen LogP contribution >= 0.6 is 11.3 Å². The Morgan fingerprint density at radius 1 is 1.29 bits per heavy atom. The molecule has 2 amide bonds. The maximum Gasteiger partial charge on any atom is 0.228 e. The van der Waals surface area contributed by atoms with Gasteiger partial charge in [-0.05, 0) is 30.5 Å². The van der Waals surface area contributed by atoms with E-state index in [1.165, 1.54) is 23.5 Å². The van der Waals surface area contributed by atoms with Crippen LogP contribution in [-0.4, -0.2) is 34.8 Å². The highest BCUT2D eigenvalue weighted by Gasteiger charge is 2.25. The SMILES string of the molecule is CCCCCN(Cc1ccc(F)cc1)C(=O)Cc1csc(N2CCCC2=O)n1. The van der Waals surface area contributed by atoms with Crippen molar-refractivity contribution in [1.82, 2.24) is 9.88 Å². The Bertz CT molecular complexity index is 806. The van der Waals surface area contributed by atoms with Gasteiger partial charge < -0.3 is 4.90 Å². The molecule has 1 aromatic heterocycles. The molecule has 0 saturated carbocycles. The predicted octanol–water partition coefficient (Wildman–Crippen LogP) is 4.17. The number of anilines is 1. The van der Waals surface area contributed by atoms with Crippen LogP contribution in [0, 0.1) is 5.82 Å². The van der Waals surface area contributed by atoms with Crippen molar-refractivity contribution in [3.63, 3.8) is 0 Å². The molecule has 5 nitrogen and oxygen atoms in total. The van der Waals surface area contributed by atoms with Gasteiger partial charge in [0.1, 0.15) is 5.82 Å². The van der Waals surface area contributed by atoms with Crippen molar-refractivity contribution in [2.75, 3.05) is 18.0 Å². The molecule has 0 aliphatic carbocycles. The number of benzene rings is 1. The largest absolute Gasteiger partial charge is 0.338 e. The summed E-state index contributed by atoms with van der Waals surface area (Å²) < 4.78 is 13.2. The van der Waals surface area contributed by atoms with E-state index < -0.39 is 0 Å². The molecule has 0 atom stereocenters. The van der Waals surface area contributed by atoms with Crippen LogP contribution in [0.2, 0.25) is 0 Å². The van der Waals surface area contributed by atoms with Gasteiger partial charge in [0.15, 0.2) is 5.13 Å². The van der Waals surface area contributed by atoms with Gasteiger partial charge in [-0.1, -0.05) is 31.9 Å².